The second-order valence-corrected chi connectivity index (χ2v) is 7.50. The molecular formula is C19H26N2O3. The second kappa shape index (κ2) is 6.93. The molecule has 0 bridgehead atoms. The van der Waals surface area contributed by atoms with Crippen molar-refractivity contribution < 1.29 is 13.9 Å². The van der Waals surface area contributed by atoms with Crippen LogP contribution >= 0.6 is 0 Å². The molecular weight excluding hydrogens is 304 g/mol. The molecule has 0 amide bonds. The molecule has 2 aromatic rings. The highest BCUT2D eigenvalue weighted by Crippen LogP contribution is 2.29. The predicted molar refractivity (Wildman–Crippen MR) is 92.9 cm³/mol. The Kier molecular flexibility index (Phi) is 4.90. The molecule has 1 atom stereocenters. The van der Waals surface area contributed by atoms with Crippen molar-refractivity contribution in [3.63, 3.8) is 0 Å². The Morgan fingerprint density at radius 1 is 1.38 bits per heavy atom. The van der Waals surface area contributed by atoms with Crippen LogP contribution in [0.15, 0.2) is 28.7 Å². The lowest BCUT2D eigenvalue weighted by Gasteiger charge is -2.31. The molecule has 5 heteroatoms. The van der Waals surface area contributed by atoms with Gasteiger partial charge in [-0.1, -0.05) is 12.1 Å². The smallest absolute Gasteiger partial charge is 0.307 e. The number of aromatic nitrogens is 1. The molecule has 0 saturated carbocycles. The number of piperidine rings is 1. The van der Waals surface area contributed by atoms with Crippen molar-refractivity contribution in [3.8, 4) is 0 Å². The fourth-order valence-corrected chi connectivity index (χ4v) is 3.17. The lowest BCUT2D eigenvalue weighted by molar-refractivity contribution is -0.155. The van der Waals surface area contributed by atoms with E-state index in [1.54, 1.807) is 0 Å². The Balaban J connectivity index is 1.57. The van der Waals surface area contributed by atoms with Gasteiger partial charge in [-0.15, -0.1) is 0 Å². The maximum absolute atomic E-state index is 11.9. The summed E-state index contributed by atoms with van der Waals surface area (Å²) in [5.41, 5.74) is 1.34. The second-order valence-electron chi connectivity index (χ2n) is 7.50. The Hall–Kier alpha value is -1.88. The number of nitrogens with zero attached hydrogens (tertiary/aromatic N) is 2. The van der Waals surface area contributed by atoms with E-state index in [-0.39, 0.29) is 5.97 Å². The first-order valence-electron chi connectivity index (χ1n) is 8.70. The Morgan fingerprint density at radius 2 is 2.17 bits per heavy atom. The Labute approximate surface area is 143 Å². The molecule has 0 aliphatic carbocycles. The fourth-order valence-electron chi connectivity index (χ4n) is 3.17. The number of para-hydroxylation sites is 2. The summed E-state index contributed by atoms with van der Waals surface area (Å²) in [6.45, 7) is 8.32. The van der Waals surface area contributed by atoms with Crippen LogP contribution in [0, 0.1) is 0 Å². The van der Waals surface area contributed by atoms with E-state index in [9.17, 15) is 4.79 Å². The molecule has 0 N–H and O–H groups in total. The van der Waals surface area contributed by atoms with Crippen molar-refractivity contribution in [1.29, 1.82) is 0 Å². The molecule has 1 aromatic carbocycles. The zero-order valence-corrected chi connectivity index (χ0v) is 14.7. The van der Waals surface area contributed by atoms with E-state index in [0.717, 1.165) is 49.5 Å². The van der Waals surface area contributed by atoms with E-state index in [1.165, 1.54) is 0 Å². The number of benzene rings is 1. The van der Waals surface area contributed by atoms with Gasteiger partial charge >= 0.3 is 5.97 Å². The number of carbonyl (C=O) groups is 1. The van der Waals surface area contributed by atoms with Crippen LogP contribution in [0.3, 0.4) is 0 Å². The van der Waals surface area contributed by atoms with Crippen LogP contribution in [0.5, 0.6) is 0 Å². The zero-order valence-electron chi connectivity index (χ0n) is 14.7. The summed E-state index contributed by atoms with van der Waals surface area (Å²) < 4.78 is 11.3. The Bertz CT molecular complexity index is 669. The van der Waals surface area contributed by atoms with E-state index in [0.29, 0.717) is 12.3 Å². The largest absolute Gasteiger partial charge is 0.460 e. The van der Waals surface area contributed by atoms with Crippen molar-refractivity contribution in [2.75, 3.05) is 19.6 Å². The number of ether oxygens (including phenoxy) is 1. The SMILES string of the molecule is CC(C)(C)OC(=O)CCN1CCCC(c2nc3ccccc3o2)C1. The summed E-state index contributed by atoms with van der Waals surface area (Å²) in [5, 5.41) is 0. The molecule has 1 aliphatic heterocycles. The molecule has 1 aromatic heterocycles. The van der Waals surface area contributed by atoms with E-state index < -0.39 is 5.60 Å². The van der Waals surface area contributed by atoms with Gasteiger partial charge in [-0.05, 0) is 52.3 Å². The summed E-state index contributed by atoms with van der Waals surface area (Å²) >= 11 is 0. The summed E-state index contributed by atoms with van der Waals surface area (Å²) in [5.74, 6) is 0.981. The number of hydrogen-bond donors (Lipinski definition) is 0. The summed E-state index contributed by atoms with van der Waals surface area (Å²) in [4.78, 5) is 18.8. The molecule has 1 unspecified atom stereocenters. The molecule has 2 heterocycles. The van der Waals surface area contributed by atoms with E-state index >= 15 is 0 Å². The van der Waals surface area contributed by atoms with Gasteiger partial charge in [-0.3, -0.25) is 4.79 Å². The van der Waals surface area contributed by atoms with Crippen LogP contribution in [0.25, 0.3) is 11.1 Å². The van der Waals surface area contributed by atoms with Crippen LogP contribution < -0.4 is 0 Å². The quantitative estimate of drug-likeness (QED) is 0.799. The van der Waals surface area contributed by atoms with Gasteiger partial charge in [-0.25, -0.2) is 4.98 Å². The number of oxazole rings is 1. The molecule has 3 rings (SSSR count). The van der Waals surface area contributed by atoms with Gasteiger partial charge in [0.2, 0.25) is 0 Å². The molecule has 24 heavy (non-hydrogen) atoms. The van der Waals surface area contributed by atoms with Gasteiger partial charge in [0.15, 0.2) is 11.5 Å². The van der Waals surface area contributed by atoms with Gasteiger partial charge in [0.25, 0.3) is 0 Å². The number of likely N-dealkylation sites (tertiary alicyclic amines) is 1. The third kappa shape index (κ3) is 4.35. The van der Waals surface area contributed by atoms with Crippen LogP contribution in [0.2, 0.25) is 0 Å². The van der Waals surface area contributed by atoms with Gasteiger partial charge in [0, 0.05) is 19.0 Å². The van der Waals surface area contributed by atoms with E-state index in [1.807, 2.05) is 45.0 Å². The normalized spacial score (nSPS) is 19.5. The number of carbonyl (C=O) groups excluding carboxylic acids is 1. The molecule has 0 radical (unpaired) electrons. The first-order chi connectivity index (χ1) is 11.4. The van der Waals surface area contributed by atoms with Crippen molar-refractivity contribution in [3.05, 3.63) is 30.2 Å². The highest BCUT2D eigenvalue weighted by Gasteiger charge is 2.26. The minimum absolute atomic E-state index is 0.133. The molecule has 130 valence electrons. The predicted octanol–water partition coefficient (Wildman–Crippen LogP) is 3.74. The van der Waals surface area contributed by atoms with Gasteiger partial charge < -0.3 is 14.1 Å². The standard InChI is InChI=1S/C19H26N2O3/c1-19(2,3)24-17(22)10-12-21-11-6-7-14(13-21)18-20-15-8-4-5-9-16(15)23-18/h4-5,8-9,14H,6-7,10-13H2,1-3H3. The van der Waals surface area contributed by atoms with Crippen LogP contribution in [0.4, 0.5) is 0 Å². The Morgan fingerprint density at radius 3 is 2.92 bits per heavy atom. The first-order valence-corrected chi connectivity index (χ1v) is 8.70. The maximum Gasteiger partial charge on any atom is 0.307 e. The molecule has 1 aliphatic rings. The van der Waals surface area contributed by atoms with Crippen LogP contribution in [0.1, 0.15) is 51.8 Å². The lowest BCUT2D eigenvalue weighted by Crippen LogP contribution is -2.36. The molecule has 0 spiro atoms. The van der Waals surface area contributed by atoms with Gasteiger partial charge in [-0.2, -0.15) is 0 Å². The summed E-state index contributed by atoms with van der Waals surface area (Å²) in [6.07, 6.45) is 2.60. The average Bonchev–Trinajstić information content (AvgIpc) is 2.96. The average molecular weight is 330 g/mol. The third-order valence-electron chi connectivity index (χ3n) is 4.22. The number of esters is 1. The van der Waals surface area contributed by atoms with Crippen molar-refractivity contribution in [1.82, 2.24) is 9.88 Å². The van der Waals surface area contributed by atoms with Crippen molar-refractivity contribution in [2.24, 2.45) is 0 Å². The van der Waals surface area contributed by atoms with E-state index in [2.05, 4.69) is 9.88 Å². The van der Waals surface area contributed by atoms with Crippen molar-refractivity contribution >= 4 is 17.1 Å². The highest BCUT2D eigenvalue weighted by molar-refractivity contribution is 5.72. The van der Waals surface area contributed by atoms with Crippen LogP contribution in [-0.4, -0.2) is 41.1 Å². The van der Waals surface area contributed by atoms with Crippen LogP contribution in [-0.2, 0) is 9.53 Å². The van der Waals surface area contributed by atoms with Gasteiger partial charge in [0.05, 0.1) is 6.42 Å². The fraction of sp³-hybridized carbons (Fsp3) is 0.579. The minimum atomic E-state index is -0.417. The monoisotopic (exact) mass is 330 g/mol. The molecule has 5 nitrogen and oxygen atoms in total. The number of rotatable bonds is 4. The molecule has 1 saturated heterocycles. The zero-order chi connectivity index (χ0) is 17.2. The minimum Gasteiger partial charge on any atom is -0.460 e. The summed E-state index contributed by atoms with van der Waals surface area (Å²) in [6, 6.07) is 7.87. The summed E-state index contributed by atoms with van der Waals surface area (Å²) in [7, 11) is 0. The highest BCUT2D eigenvalue weighted by atomic mass is 16.6. The number of hydrogen-bond acceptors (Lipinski definition) is 5. The van der Waals surface area contributed by atoms with Gasteiger partial charge in [0.1, 0.15) is 11.1 Å². The number of fused-ring (bicyclic) bond motifs is 1. The van der Waals surface area contributed by atoms with Crippen molar-refractivity contribution in [2.45, 2.75) is 51.6 Å². The maximum atomic E-state index is 11.9. The topological polar surface area (TPSA) is 55.6 Å². The third-order valence-corrected chi connectivity index (χ3v) is 4.22. The first kappa shape index (κ1) is 17.0. The molecule has 1 fully saturated rings. The van der Waals surface area contributed by atoms with E-state index in [4.69, 9.17) is 9.15 Å². The lowest BCUT2D eigenvalue weighted by atomic mass is 9.98.